The summed E-state index contributed by atoms with van der Waals surface area (Å²) in [4.78, 5) is 4.41. The van der Waals surface area contributed by atoms with Crippen LogP contribution in [0.2, 0.25) is 0 Å². The lowest BCUT2D eigenvalue weighted by Gasteiger charge is -2.13. The Kier molecular flexibility index (Phi) is 4.42. The Balaban J connectivity index is 2.21. The highest BCUT2D eigenvalue weighted by Crippen LogP contribution is 2.25. The molecule has 0 saturated heterocycles. The third kappa shape index (κ3) is 3.51. The van der Waals surface area contributed by atoms with E-state index in [1.807, 2.05) is 51.1 Å². The Bertz CT molecular complexity index is 658. The van der Waals surface area contributed by atoms with Crippen molar-refractivity contribution in [3.05, 3.63) is 58.4 Å². The van der Waals surface area contributed by atoms with Gasteiger partial charge in [-0.3, -0.25) is 4.98 Å². The molecule has 0 unspecified atom stereocenters. The predicted molar refractivity (Wildman–Crippen MR) is 81.7 cm³/mol. The van der Waals surface area contributed by atoms with Crippen LogP contribution >= 0.6 is 0 Å². The smallest absolute Gasteiger partial charge is 0.170 e. The minimum absolute atomic E-state index is 0.0908. The molecule has 0 spiro atoms. The van der Waals surface area contributed by atoms with Gasteiger partial charge >= 0.3 is 0 Å². The van der Waals surface area contributed by atoms with Gasteiger partial charge in [0.15, 0.2) is 5.84 Å². The summed E-state index contributed by atoms with van der Waals surface area (Å²) >= 11 is 0. The van der Waals surface area contributed by atoms with Crippen molar-refractivity contribution < 1.29 is 9.94 Å². The van der Waals surface area contributed by atoms with Crippen LogP contribution in [0.5, 0.6) is 5.75 Å². The molecule has 5 heteroatoms. The molecule has 0 amide bonds. The fourth-order valence-corrected chi connectivity index (χ4v) is 2.21. The molecule has 2 rings (SSSR count). The predicted octanol–water partition coefficient (Wildman–Crippen LogP) is 2.68. The zero-order valence-corrected chi connectivity index (χ0v) is 12.4. The SMILES string of the molecule is Cc1cccc(COc2c(C)cc(C(N)=NO)cc2C)n1. The first-order valence-corrected chi connectivity index (χ1v) is 6.65. The van der Waals surface area contributed by atoms with E-state index in [0.29, 0.717) is 12.2 Å². The maximum absolute atomic E-state index is 8.74. The number of oxime groups is 1. The van der Waals surface area contributed by atoms with Gasteiger partial charge in [-0.25, -0.2) is 0 Å². The van der Waals surface area contributed by atoms with E-state index in [1.165, 1.54) is 0 Å². The molecule has 0 aliphatic carbocycles. The van der Waals surface area contributed by atoms with E-state index in [4.69, 9.17) is 15.7 Å². The van der Waals surface area contributed by atoms with Crippen LogP contribution in [0.15, 0.2) is 35.5 Å². The van der Waals surface area contributed by atoms with E-state index in [2.05, 4.69) is 10.1 Å². The number of nitrogens with two attached hydrogens (primary N) is 1. The quantitative estimate of drug-likeness (QED) is 0.392. The van der Waals surface area contributed by atoms with E-state index in [9.17, 15) is 0 Å². The van der Waals surface area contributed by atoms with Gasteiger partial charge in [-0.05, 0) is 56.2 Å². The molecule has 110 valence electrons. The molecule has 2 aromatic rings. The third-order valence-corrected chi connectivity index (χ3v) is 3.17. The van der Waals surface area contributed by atoms with Gasteiger partial charge in [0.25, 0.3) is 0 Å². The molecule has 0 aliphatic heterocycles. The maximum Gasteiger partial charge on any atom is 0.170 e. The highest BCUT2D eigenvalue weighted by Gasteiger charge is 2.09. The molecule has 21 heavy (non-hydrogen) atoms. The van der Waals surface area contributed by atoms with Crippen molar-refractivity contribution in [1.82, 2.24) is 4.98 Å². The van der Waals surface area contributed by atoms with Crippen molar-refractivity contribution in [3.63, 3.8) is 0 Å². The molecular formula is C16H19N3O2. The molecule has 0 radical (unpaired) electrons. The number of benzene rings is 1. The number of rotatable bonds is 4. The molecule has 1 heterocycles. The van der Waals surface area contributed by atoms with Crippen LogP contribution in [-0.2, 0) is 6.61 Å². The Labute approximate surface area is 124 Å². The van der Waals surface area contributed by atoms with Crippen LogP contribution in [-0.4, -0.2) is 16.0 Å². The van der Waals surface area contributed by atoms with Gasteiger partial charge in [0.05, 0.1) is 5.69 Å². The molecular weight excluding hydrogens is 266 g/mol. The summed E-state index contributed by atoms with van der Waals surface area (Å²) in [6, 6.07) is 9.51. The van der Waals surface area contributed by atoms with E-state index in [0.717, 1.165) is 28.3 Å². The Hall–Kier alpha value is -2.56. The van der Waals surface area contributed by atoms with Crippen molar-refractivity contribution in [2.24, 2.45) is 10.9 Å². The third-order valence-electron chi connectivity index (χ3n) is 3.17. The van der Waals surface area contributed by atoms with Crippen molar-refractivity contribution in [2.45, 2.75) is 27.4 Å². The average molecular weight is 285 g/mol. The second-order valence-corrected chi connectivity index (χ2v) is 4.98. The number of pyridine rings is 1. The summed E-state index contributed by atoms with van der Waals surface area (Å²) in [5.41, 5.74) is 10.0. The number of ether oxygens (including phenoxy) is 1. The Morgan fingerprint density at radius 1 is 1.24 bits per heavy atom. The van der Waals surface area contributed by atoms with Gasteiger partial charge in [-0.15, -0.1) is 0 Å². The summed E-state index contributed by atoms with van der Waals surface area (Å²) in [7, 11) is 0. The summed E-state index contributed by atoms with van der Waals surface area (Å²) in [5, 5.41) is 11.8. The van der Waals surface area contributed by atoms with Crippen molar-refractivity contribution in [1.29, 1.82) is 0 Å². The topological polar surface area (TPSA) is 80.7 Å². The van der Waals surface area contributed by atoms with E-state index >= 15 is 0 Å². The van der Waals surface area contributed by atoms with Crippen LogP contribution in [0.25, 0.3) is 0 Å². The number of hydrogen-bond donors (Lipinski definition) is 2. The number of amidine groups is 1. The standard InChI is InChI=1S/C16H19N3O2/c1-10-7-13(16(17)19-20)8-11(2)15(10)21-9-14-6-4-5-12(3)18-14/h4-8,20H,9H2,1-3H3,(H2,17,19). The van der Waals surface area contributed by atoms with Crippen LogP contribution in [0.3, 0.4) is 0 Å². The van der Waals surface area contributed by atoms with Crippen molar-refractivity contribution >= 4 is 5.84 Å². The number of nitrogens with zero attached hydrogens (tertiary/aromatic N) is 2. The van der Waals surface area contributed by atoms with Gasteiger partial charge in [0.1, 0.15) is 12.4 Å². The fourth-order valence-electron chi connectivity index (χ4n) is 2.21. The van der Waals surface area contributed by atoms with Gasteiger partial charge < -0.3 is 15.7 Å². The van der Waals surface area contributed by atoms with Crippen LogP contribution in [0.4, 0.5) is 0 Å². The summed E-state index contributed by atoms with van der Waals surface area (Å²) < 4.78 is 5.87. The number of hydrogen-bond acceptors (Lipinski definition) is 4. The van der Waals surface area contributed by atoms with Crippen LogP contribution in [0.1, 0.15) is 28.1 Å². The Morgan fingerprint density at radius 3 is 2.48 bits per heavy atom. The summed E-state index contributed by atoms with van der Waals surface area (Å²) in [6.07, 6.45) is 0. The van der Waals surface area contributed by atoms with Gasteiger partial charge in [-0.1, -0.05) is 11.2 Å². The lowest BCUT2D eigenvalue weighted by atomic mass is 10.1. The lowest BCUT2D eigenvalue weighted by molar-refractivity contribution is 0.297. The zero-order chi connectivity index (χ0) is 15.4. The molecule has 0 fully saturated rings. The van der Waals surface area contributed by atoms with E-state index in [1.54, 1.807) is 0 Å². The molecule has 1 aromatic heterocycles. The molecule has 0 aliphatic rings. The van der Waals surface area contributed by atoms with Crippen LogP contribution in [0, 0.1) is 20.8 Å². The molecule has 5 nitrogen and oxygen atoms in total. The first-order chi connectivity index (χ1) is 10.0. The normalized spacial score (nSPS) is 11.5. The van der Waals surface area contributed by atoms with Gasteiger partial charge in [-0.2, -0.15) is 0 Å². The van der Waals surface area contributed by atoms with E-state index < -0.39 is 0 Å². The summed E-state index contributed by atoms with van der Waals surface area (Å²) in [5.74, 6) is 0.890. The highest BCUT2D eigenvalue weighted by atomic mass is 16.5. The minimum Gasteiger partial charge on any atom is -0.487 e. The second-order valence-electron chi connectivity index (χ2n) is 4.98. The monoisotopic (exact) mass is 285 g/mol. The van der Waals surface area contributed by atoms with Gasteiger partial charge in [0.2, 0.25) is 0 Å². The van der Waals surface area contributed by atoms with Crippen LogP contribution < -0.4 is 10.5 Å². The molecule has 3 N–H and O–H groups in total. The zero-order valence-electron chi connectivity index (χ0n) is 12.4. The first-order valence-electron chi connectivity index (χ1n) is 6.65. The van der Waals surface area contributed by atoms with E-state index in [-0.39, 0.29) is 5.84 Å². The van der Waals surface area contributed by atoms with Crippen molar-refractivity contribution in [2.75, 3.05) is 0 Å². The lowest BCUT2D eigenvalue weighted by Crippen LogP contribution is -2.14. The van der Waals surface area contributed by atoms with Gasteiger partial charge in [0, 0.05) is 11.3 Å². The average Bonchev–Trinajstić information content (AvgIpc) is 2.45. The second kappa shape index (κ2) is 6.26. The maximum atomic E-state index is 8.74. The largest absolute Gasteiger partial charge is 0.487 e. The molecule has 1 aromatic carbocycles. The number of aryl methyl sites for hydroxylation is 3. The Morgan fingerprint density at radius 2 is 1.90 bits per heavy atom. The number of aromatic nitrogens is 1. The minimum atomic E-state index is 0.0908. The molecule has 0 saturated carbocycles. The molecule has 0 atom stereocenters. The van der Waals surface area contributed by atoms with Crippen molar-refractivity contribution in [3.8, 4) is 5.75 Å². The first kappa shape index (κ1) is 14.8. The summed E-state index contributed by atoms with van der Waals surface area (Å²) in [6.45, 7) is 6.22. The molecule has 0 bridgehead atoms. The highest BCUT2D eigenvalue weighted by molar-refractivity contribution is 5.97. The fraction of sp³-hybridized carbons (Fsp3) is 0.250.